The van der Waals surface area contributed by atoms with Gasteiger partial charge in [-0.05, 0) is 44.9 Å². The molecule has 1 heterocycles. The Balaban J connectivity index is 2.75. The van der Waals surface area contributed by atoms with E-state index in [1.807, 2.05) is 0 Å². The molecule has 3 unspecified atom stereocenters. The van der Waals surface area contributed by atoms with Crippen molar-refractivity contribution < 1.29 is 0 Å². The molecule has 31 heavy (non-hydrogen) atoms. The Hall–Kier alpha value is -0.160. The van der Waals surface area contributed by atoms with Gasteiger partial charge in [0, 0.05) is 50.8 Å². The van der Waals surface area contributed by atoms with Crippen molar-refractivity contribution in [2.45, 2.75) is 118 Å². The van der Waals surface area contributed by atoms with E-state index in [1.54, 1.807) is 0 Å². The minimum atomic E-state index is 0.182. The lowest BCUT2D eigenvalue weighted by molar-refractivity contribution is 0.00515. The molecule has 4 nitrogen and oxygen atoms in total. The lowest BCUT2D eigenvalue weighted by atomic mass is 9.93. The molecule has 0 aromatic heterocycles. The molecule has 0 saturated carbocycles. The number of nitrogens with one attached hydrogen (secondary N) is 2. The van der Waals surface area contributed by atoms with Crippen LogP contribution in [-0.4, -0.2) is 67.3 Å². The van der Waals surface area contributed by atoms with Gasteiger partial charge in [-0.15, -0.1) is 0 Å². The summed E-state index contributed by atoms with van der Waals surface area (Å²) in [6.07, 6.45) is 12.0. The fourth-order valence-corrected chi connectivity index (χ4v) is 5.17. The minimum absolute atomic E-state index is 0.182. The molecule has 0 radical (unpaired) electrons. The van der Waals surface area contributed by atoms with Crippen molar-refractivity contribution in [2.24, 2.45) is 11.8 Å². The smallest absolute Gasteiger partial charge is 0.0507 e. The number of hydrogen-bond acceptors (Lipinski definition) is 4. The maximum absolute atomic E-state index is 3.96. The van der Waals surface area contributed by atoms with Crippen molar-refractivity contribution in [3.05, 3.63) is 0 Å². The Morgan fingerprint density at radius 2 is 1.29 bits per heavy atom. The molecule has 3 atom stereocenters. The van der Waals surface area contributed by atoms with Crippen LogP contribution in [0.5, 0.6) is 0 Å². The van der Waals surface area contributed by atoms with E-state index in [2.05, 4.69) is 68.9 Å². The van der Waals surface area contributed by atoms with Gasteiger partial charge in [0.15, 0.2) is 0 Å². The molecule has 1 aliphatic rings. The van der Waals surface area contributed by atoms with E-state index >= 15 is 0 Å². The van der Waals surface area contributed by atoms with Crippen LogP contribution in [0.4, 0.5) is 0 Å². The molecule has 1 fully saturated rings. The second kappa shape index (κ2) is 16.5. The van der Waals surface area contributed by atoms with Gasteiger partial charge in [0.2, 0.25) is 0 Å². The van der Waals surface area contributed by atoms with E-state index < -0.39 is 0 Å². The van der Waals surface area contributed by atoms with Gasteiger partial charge in [0.05, 0.1) is 6.67 Å². The molecule has 1 aliphatic heterocycles. The van der Waals surface area contributed by atoms with E-state index in [0.29, 0.717) is 6.04 Å². The van der Waals surface area contributed by atoms with Gasteiger partial charge in [0.25, 0.3) is 0 Å². The van der Waals surface area contributed by atoms with Crippen LogP contribution in [0.25, 0.3) is 0 Å². The summed E-state index contributed by atoms with van der Waals surface area (Å²) < 4.78 is 0. The van der Waals surface area contributed by atoms with Gasteiger partial charge in [-0.3, -0.25) is 9.80 Å². The monoisotopic (exact) mass is 438 g/mol. The summed E-state index contributed by atoms with van der Waals surface area (Å²) in [7, 11) is 0. The third kappa shape index (κ3) is 12.0. The Labute approximate surface area is 196 Å². The van der Waals surface area contributed by atoms with Crippen molar-refractivity contribution in [3.8, 4) is 0 Å². The highest BCUT2D eigenvalue weighted by Gasteiger charge is 2.35. The highest BCUT2D eigenvalue weighted by atomic mass is 15.4. The summed E-state index contributed by atoms with van der Waals surface area (Å²) in [5.74, 6) is 1.69. The maximum Gasteiger partial charge on any atom is 0.0507 e. The number of rotatable bonds is 18. The summed E-state index contributed by atoms with van der Waals surface area (Å²) in [5, 5.41) is 7.61. The van der Waals surface area contributed by atoms with Crippen molar-refractivity contribution in [2.75, 3.05) is 45.9 Å². The molecule has 0 bridgehead atoms. The zero-order chi connectivity index (χ0) is 23.1. The zero-order valence-electron chi connectivity index (χ0n) is 22.4. The molecule has 1 saturated heterocycles. The predicted molar refractivity (Wildman–Crippen MR) is 139 cm³/mol. The zero-order valence-corrected chi connectivity index (χ0v) is 22.4. The fourth-order valence-electron chi connectivity index (χ4n) is 5.17. The van der Waals surface area contributed by atoms with Crippen LogP contribution in [0.15, 0.2) is 0 Å². The van der Waals surface area contributed by atoms with Gasteiger partial charge < -0.3 is 10.6 Å². The Bertz CT molecular complexity index is 401. The molecular weight excluding hydrogens is 380 g/mol. The molecule has 0 aromatic rings. The van der Waals surface area contributed by atoms with E-state index in [-0.39, 0.29) is 5.54 Å². The Kier molecular flexibility index (Phi) is 15.3. The molecule has 1 rings (SSSR count). The summed E-state index contributed by atoms with van der Waals surface area (Å²) >= 11 is 0. The van der Waals surface area contributed by atoms with Gasteiger partial charge in [0.1, 0.15) is 0 Å². The largest absolute Gasteiger partial charge is 0.313 e. The second-order valence-corrected chi connectivity index (χ2v) is 10.7. The van der Waals surface area contributed by atoms with Crippen LogP contribution in [0, 0.1) is 11.8 Å². The molecule has 186 valence electrons. The van der Waals surface area contributed by atoms with Gasteiger partial charge >= 0.3 is 0 Å². The first-order chi connectivity index (χ1) is 14.9. The van der Waals surface area contributed by atoms with E-state index in [0.717, 1.165) is 31.6 Å². The van der Waals surface area contributed by atoms with Crippen LogP contribution in [-0.2, 0) is 0 Å². The van der Waals surface area contributed by atoms with Crippen molar-refractivity contribution >= 4 is 0 Å². The Morgan fingerprint density at radius 3 is 1.71 bits per heavy atom. The topological polar surface area (TPSA) is 30.5 Å². The fraction of sp³-hybridized carbons (Fsp3) is 1.00. The Morgan fingerprint density at radius 1 is 0.774 bits per heavy atom. The third-order valence-corrected chi connectivity index (χ3v) is 7.45. The van der Waals surface area contributed by atoms with E-state index in [4.69, 9.17) is 0 Å². The predicted octanol–water partition coefficient (Wildman–Crippen LogP) is 5.73. The first kappa shape index (κ1) is 28.9. The van der Waals surface area contributed by atoms with Crippen LogP contribution < -0.4 is 10.6 Å². The minimum Gasteiger partial charge on any atom is -0.313 e. The van der Waals surface area contributed by atoms with E-state index in [9.17, 15) is 0 Å². The lowest BCUT2D eigenvalue weighted by Crippen LogP contribution is -2.65. The molecule has 4 heteroatoms. The molecule has 0 aliphatic carbocycles. The van der Waals surface area contributed by atoms with Crippen molar-refractivity contribution in [3.63, 3.8) is 0 Å². The highest BCUT2D eigenvalue weighted by molar-refractivity contribution is 4.94. The summed E-state index contributed by atoms with van der Waals surface area (Å²) in [5.41, 5.74) is 0.182. The number of hydrogen-bond donors (Lipinski definition) is 2. The van der Waals surface area contributed by atoms with Gasteiger partial charge in [-0.1, -0.05) is 73.1 Å². The molecular formula is C27H58N4. The first-order valence-electron chi connectivity index (χ1n) is 13.8. The number of unbranched alkanes of at least 4 members (excludes halogenated alkanes) is 2. The van der Waals surface area contributed by atoms with Crippen molar-refractivity contribution in [1.29, 1.82) is 0 Å². The molecule has 0 amide bonds. The SMILES string of the molecule is CCCCC(CC)CN1CN(CC(CC)CCCC)CC(C)(NCCNC(C)CC)C1. The summed E-state index contributed by atoms with van der Waals surface area (Å²) in [6.45, 7) is 24.6. The maximum atomic E-state index is 3.96. The standard InChI is InChI=1S/C27H58N4/c1-8-13-15-25(11-4)19-30-21-27(7,29-18-17-28-24(6)10-3)22-31(23-30)20-26(12-5)16-14-9-2/h24-26,28-29H,8-23H2,1-7H3. The quantitative estimate of drug-likeness (QED) is 0.268. The van der Waals surface area contributed by atoms with Gasteiger partial charge in [-0.2, -0.15) is 0 Å². The second-order valence-electron chi connectivity index (χ2n) is 10.7. The molecule has 2 N–H and O–H groups in total. The highest BCUT2D eigenvalue weighted by Crippen LogP contribution is 2.23. The molecule has 0 spiro atoms. The van der Waals surface area contributed by atoms with Crippen LogP contribution >= 0.6 is 0 Å². The van der Waals surface area contributed by atoms with Crippen LogP contribution in [0.1, 0.15) is 106 Å². The summed E-state index contributed by atoms with van der Waals surface area (Å²) in [6, 6.07) is 0.613. The van der Waals surface area contributed by atoms with E-state index in [1.165, 1.54) is 84.0 Å². The van der Waals surface area contributed by atoms with Crippen molar-refractivity contribution in [1.82, 2.24) is 20.4 Å². The van der Waals surface area contributed by atoms with Crippen LogP contribution in [0.2, 0.25) is 0 Å². The number of nitrogens with zero attached hydrogens (tertiary/aromatic N) is 2. The average Bonchev–Trinajstić information content (AvgIpc) is 2.76. The normalized spacial score (nSPS) is 23.7. The average molecular weight is 439 g/mol. The summed E-state index contributed by atoms with van der Waals surface area (Å²) in [4.78, 5) is 5.55. The van der Waals surface area contributed by atoms with Crippen LogP contribution in [0.3, 0.4) is 0 Å². The van der Waals surface area contributed by atoms with Gasteiger partial charge in [-0.25, -0.2) is 0 Å². The molecule has 0 aromatic carbocycles. The third-order valence-electron chi connectivity index (χ3n) is 7.45. The lowest BCUT2D eigenvalue weighted by Gasteiger charge is -2.48. The first-order valence-corrected chi connectivity index (χ1v) is 13.8.